The van der Waals surface area contributed by atoms with Gasteiger partial charge in [-0.1, -0.05) is 11.8 Å². The quantitative estimate of drug-likeness (QED) is 0.599. The van der Waals surface area contributed by atoms with Crippen LogP contribution in [0.3, 0.4) is 0 Å². The first-order valence-corrected chi connectivity index (χ1v) is 4.45. The van der Waals surface area contributed by atoms with E-state index in [1.807, 2.05) is 6.07 Å². The van der Waals surface area contributed by atoms with Gasteiger partial charge in [0.15, 0.2) is 17.8 Å². The summed E-state index contributed by atoms with van der Waals surface area (Å²) in [5.41, 5.74) is 0.698. The van der Waals surface area contributed by atoms with Crippen LogP contribution in [-0.4, -0.2) is 18.5 Å². The number of benzene rings is 1. The number of aldehydes is 1. The lowest BCUT2D eigenvalue weighted by atomic mass is 10.1. The van der Waals surface area contributed by atoms with Crippen molar-refractivity contribution in [2.75, 3.05) is 7.11 Å². The van der Waals surface area contributed by atoms with Gasteiger partial charge in [-0.25, -0.2) is 0 Å². The number of methoxy groups -OCH3 is 1. The van der Waals surface area contributed by atoms with Gasteiger partial charge in [-0.2, -0.15) is 5.26 Å². The van der Waals surface area contributed by atoms with Crippen LogP contribution in [0.4, 0.5) is 0 Å². The molecule has 80 valence electrons. The smallest absolute Gasteiger partial charge is 0.161 e. The number of aromatic hydroxyl groups is 1. The molecular formula is C12H9NO3. The molecule has 0 fully saturated rings. The molecule has 16 heavy (non-hydrogen) atoms. The molecule has 0 amide bonds. The highest BCUT2D eigenvalue weighted by Crippen LogP contribution is 2.28. The van der Waals surface area contributed by atoms with Crippen molar-refractivity contribution in [1.82, 2.24) is 0 Å². The van der Waals surface area contributed by atoms with E-state index >= 15 is 0 Å². The van der Waals surface area contributed by atoms with E-state index in [2.05, 4.69) is 11.8 Å². The van der Waals surface area contributed by atoms with Crippen LogP contribution in [0.1, 0.15) is 22.3 Å². The summed E-state index contributed by atoms with van der Waals surface area (Å²) in [4.78, 5) is 10.8. The molecule has 0 aromatic heterocycles. The van der Waals surface area contributed by atoms with Gasteiger partial charge in [0.2, 0.25) is 0 Å². The van der Waals surface area contributed by atoms with Crippen LogP contribution >= 0.6 is 0 Å². The fourth-order valence-electron chi connectivity index (χ4n) is 1.13. The van der Waals surface area contributed by atoms with E-state index in [4.69, 9.17) is 10.00 Å². The van der Waals surface area contributed by atoms with Gasteiger partial charge in [-0.3, -0.25) is 4.79 Å². The lowest BCUT2D eigenvalue weighted by Crippen LogP contribution is -1.91. The summed E-state index contributed by atoms with van der Waals surface area (Å²) in [6.07, 6.45) is 0.698. The minimum Gasteiger partial charge on any atom is -0.504 e. The van der Waals surface area contributed by atoms with Crippen molar-refractivity contribution < 1.29 is 14.6 Å². The fourth-order valence-corrected chi connectivity index (χ4v) is 1.13. The van der Waals surface area contributed by atoms with E-state index in [-0.39, 0.29) is 17.9 Å². The molecule has 1 N–H and O–H groups in total. The standard InChI is InChI=1S/C12H9NO3/c1-16-12-7-10(8-14)9(6-11(12)15)4-2-3-5-13/h6-8,15H,3H2,1H3. The van der Waals surface area contributed by atoms with Gasteiger partial charge in [-0.15, -0.1) is 0 Å². The highest BCUT2D eigenvalue weighted by molar-refractivity contribution is 5.81. The van der Waals surface area contributed by atoms with Gasteiger partial charge in [0.25, 0.3) is 0 Å². The first-order chi connectivity index (χ1) is 7.72. The number of rotatable bonds is 2. The van der Waals surface area contributed by atoms with Crippen LogP contribution in [0, 0.1) is 23.2 Å². The van der Waals surface area contributed by atoms with E-state index in [9.17, 15) is 9.90 Å². The molecule has 0 radical (unpaired) electrons. The Morgan fingerprint density at radius 2 is 2.31 bits per heavy atom. The molecule has 1 rings (SSSR count). The topological polar surface area (TPSA) is 70.3 Å². The number of carbonyl (C=O) groups excluding carboxylic acids is 1. The number of hydrogen-bond acceptors (Lipinski definition) is 4. The Balaban J connectivity index is 3.21. The van der Waals surface area contributed by atoms with Crippen LogP contribution in [0.15, 0.2) is 12.1 Å². The normalized spacial score (nSPS) is 8.50. The van der Waals surface area contributed by atoms with Gasteiger partial charge in [0.1, 0.15) is 0 Å². The van der Waals surface area contributed by atoms with E-state index in [1.54, 1.807) is 0 Å². The second-order valence-electron chi connectivity index (χ2n) is 2.87. The molecular weight excluding hydrogens is 206 g/mol. The molecule has 0 saturated carbocycles. The minimum atomic E-state index is -0.0886. The largest absolute Gasteiger partial charge is 0.504 e. The molecule has 1 aromatic rings. The number of hydrogen-bond donors (Lipinski definition) is 1. The molecule has 0 aliphatic rings. The van der Waals surface area contributed by atoms with Crippen molar-refractivity contribution >= 4 is 6.29 Å². The van der Waals surface area contributed by atoms with E-state index < -0.39 is 0 Å². The highest BCUT2D eigenvalue weighted by atomic mass is 16.5. The summed E-state index contributed by atoms with van der Waals surface area (Å²) in [6, 6.07) is 4.61. The molecule has 0 spiro atoms. The Hall–Kier alpha value is -2.46. The van der Waals surface area contributed by atoms with Crippen molar-refractivity contribution in [3.05, 3.63) is 23.3 Å². The summed E-state index contributed by atoms with van der Waals surface area (Å²) in [5.74, 6) is 5.33. The van der Waals surface area contributed by atoms with E-state index in [0.717, 1.165) is 0 Å². The molecule has 0 saturated heterocycles. The highest BCUT2D eigenvalue weighted by Gasteiger charge is 2.07. The number of ether oxygens (including phenoxy) is 1. The second kappa shape index (κ2) is 5.43. The van der Waals surface area contributed by atoms with Crippen molar-refractivity contribution in [3.8, 4) is 29.4 Å². The van der Waals surface area contributed by atoms with Crippen molar-refractivity contribution in [2.24, 2.45) is 0 Å². The molecule has 0 unspecified atom stereocenters. The maximum atomic E-state index is 10.8. The number of nitrogens with zero attached hydrogens (tertiary/aromatic N) is 1. The molecule has 0 heterocycles. The molecule has 1 aromatic carbocycles. The summed E-state index contributed by atoms with van der Waals surface area (Å²) >= 11 is 0. The summed E-state index contributed by atoms with van der Waals surface area (Å²) in [5, 5.41) is 17.8. The minimum absolute atomic E-state index is 0.0745. The molecule has 4 heteroatoms. The Morgan fingerprint density at radius 3 is 2.88 bits per heavy atom. The van der Waals surface area contributed by atoms with Crippen LogP contribution < -0.4 is 4.74 Å². The van der Waals surface area contributed by atoms with Gasteiger partial charge < -0.3 is 9.84 Å². The van der Waals surface area contributed by atoms with Crippen molar-refractivity contribution in [1.29, 1.82) is 5.26 Å². The molecule has 0 atom stereocenters. The Morgan fingerprint density at radius 1 is 1.56 bits per heavy atom. The Labute approximate surface area is 93.1 Å². The zero-order valence-corrected chi connectivity index (χ0v) is 8.65. The third kappa shape index (κ3) is 2.52. The zero-order chi connectivity index (χ0) is 12.0. The van der Waals surface area contributed by atoms with Gasteiger partial charge in [-0.05, 0) is 6.07 Å². The number of phenolic OH excluding ortho intramolecular Hbond substituents is 1. The first kappa shape index (κ1) is 11.6. The SMILES string of the molecule is COc1cc(C=O)c(C#CCC#N)cc1O. The maximum absolute atomic E-state index is 10.8. The number of carbonyl (C=O) groups is 1. The summed E-state index contributed by atoms with van der Waals surface area (Å²) < 4.78 is 4.86. The Kier molecular flexibility index (Phi) is 3.94. The maximum Gasteiger partial charge on any atom is 0.161 e. The molecule has 0 aliphatic heterocycles. The average Bonchev–Trinajstić information content (AvgIpc) is 2.30. The van der Waals surface area contributed by atoms with E-state index in [0.29, 0.717) is 17.4 Å². The zero-order valence-electron chi connectivity index (χ0n) is 8.65. The van der Waals surface area contributed by atoms with E-state index in [1.165, 1.54) is 19.2 Å². The summed E-state index contributed by atoms with van der Waals surface area (Å²) in [7, 11) is 1.39. The number of phenols is 1. The lowest BCUT2D eigenvalue weighted by molar-refractivity contribution is 0.112. The van der Waals surface area contributed by atoms with Gasteiger partial charge in [0, 0.05) is 17.2 Å². The predicted molar refractivity (Wildman–Crippen MR) is 57.2 cm³/mol. The second-order valence-corrected chi connectivity index (χ2v) is 2.87. The Bertz CT molecular complexity index is 503. The average molecular weight is 215 g/mol. The van der Waals surface area contributed by atoms with Crippen LogP contribution in [0.25, 0.3) is 0 Å². The third-order valence-electron chi connectivity index (χ3n) is 1.87. The monoisotopic (exact) mass is 215 g/mol. The first-order valence-electron chi connectivity index (χ1n) is 4.45. The van der Waals surface area contributed by atoms with Crippen molar-refractivity contribution in [3.63, 3.8) is 0 Å². The molecule has 0 aliphatic carbocycles. The van der Waals surface area contributed by atoms with Crippen LogP contribution in [0.5, 0.6) is 11.5 Å². The molecule has 0 bridgehead atoms. The molecule has 4 nitrogen and oxygen atoms in total. The van der Waals surface area contributed by atoms with Gasteiger partial charge >= 0.3 is 0 Å². The van der Waals surface area contributed by atoms with Crippen LogP contribution in [0.2, 0.25) is 0 Å². The predicted octanol–water partition coefficient (Wildman–Crippen LogP) is 1.48. The summed E-state index contributed by atoms with van der Waals surface area (Å²) in [6.45, 7) is 0. The third-order valence-corrected chi connectivity index (χ3v) is 1.87. The number of nitriles is 1. The van der Waals surface area contributed by atoms with Crippen molar-refractivity contribution in [2.45, 2.75) is 6.42 Å². The van der Waals surface area contributed by atoms with Gasteiger partial charge in [0.05, 0.1) is 19.6 Å². The van der Waals surface area contributed by atoms with Crippen LogP contribution in [-0.2, 0) is 0 Å². The fraction of sp³-hybridized carbons (Fsp3) is 0.167. The lowest BCUT2D eigenvalue weighted by Gasteiger charge is -2.05.